The second-order valence-corrected chi connectivity index (χ2v) is 6.58. The van der Waals surface area contributed by atoms with Gasteiger partial charge in [-0.1, -0.05) is 6.92 Å². The van der Waals surface area contributed by atoms with Crippen LogP contribution in [0.1, 0.15) is 20.3 Å². The minimum Gasteiger partial charge on any atom is -0.369 e. The lowest BCUT2D eigenvalue weighted by Crippen LogP contribution is -2.44. The molecule has 3 rings (SSSR count). The molecule has 0 spiro atoms. The van der Waals surface area contributed by atoms with Crippen LogP contribution in [-0.4, -0.2) is 59.3 Å². The molecule has 1 aromatic heterocycles. The lowest BCUT2D eigenvalue weighted by molar-refractivity contribution is 0.313. The highest BCUT2D eigenvalue weighted by Crippen LogP contribution is 2.21. The Hall–Kier alpha value is -2.41. The number of nitrogens with zero attached hydrogens (tertiary/aromatic N) is 5. The van der Waals surface area contributed by atoms with Gasteiger partial charge in [0.05, 0.1) is 6.20 Å². The lowest BCUT2D eigenvalue weighted by atomic mass is 10.2. The lowest BCUT2D eigenvalue weighted by Gasteiger charge is -2.34. The minimum atomic E-state index is 0.319. The average Bonchev–Trinajstić information content (AvgIpc) is 2.63. The summed E-state index contributed by atoms with van der Waals surface area (Å²) < 4.78 is 0. The molecule has 2 N–H and O–H groups in total. The molecule has 2 heterocycles. The maximum atomic E-state index is 4.46. The highest BCUT2D eigenvalue weighted by atomic mass is 15.3. The van der Waals surface area contributed by atoms with Gasteiger partial charge in [-0.15, -0.1) is 5.10 Å². The summed E-state index contributed by atoms with van der Waals surface area (Å²) in [7, 11) is 2.17. The van der Waals surface area contributed by atoms with E-state index >= 15 is 0 Å². The summed E-state index contributed by atoms with van der Waals surface area (Å²) in [6, 6.07) is 8.79. The third kappa shape index (κ3) is 4.79. The van der Waals surface area contributed by atoms with Gasteiger partial charge in [-0.2, -0.15) is 10.1 Å². The van der Waals surface area contributed by atoms with Crippen molar-refractivity contribution in [2.45, 2.75) is 26.3 Å². The quantitative estimate of drug-likeness (QED) is 0.837. The number of aromatic nitrogens is 3. The molecular weight excluding hydrogens is 314 g/mol. The molecule has 0 amide bonds. The molecule has 1 aromatic carbocycles. The van der Waals surface area contributed by atoms with E-state index in [2.05, 4.69) is 80.8 Å². The number of nitrogens with one attached hydrogen (secondary N) is 2. The summed E-state index contributed by atoms with van der Waals surface area (Å²) in [5, 5.41) is 14.6. The van der Waals surface area contributed by atoms with Gasteiger partial charge in [0, 0.05) is 43.6 Å². The summed E-state index contributed by atoms with van der Waals surface area (Å²) >= 11 is 0. The Morgan fingerprint density at radius 3 is 2.52 bits per heavy atom. The number of hydrogen-bond donors (Lipinski definition) is 2. The zero-order chi connectivity index (χ0) is 17.6. The summed E-state index contributed by atoms with van der Waals surface area (Å²) in [4.78, 5) is 9.25. The molecule has 1 unspecified atom stereocenters. The smallest absolute Gasteiger partial charge is 0.244 e. The summed E-state index contributed by atoms with van der Waals surface area (Å²) in [6.45, 7) is 8.58. The first kappa shape index (κ1) is 17.4. The molecule has 0 bridgehead atoms. The molecule has 0 aliphatic carbocycles. The van der Waals surface area contributed by atoms with E-state index in [1.165, 1.54) is 5.69 Å². The third-order valence-corrected chi connectivity index (χ3v) is 4.55. The second-order valence-electron chi connectivity index (χ2n) is 6.58. The first-order valence-electron chi connectivity index (χ1n) is 8.91. The van der Waals surface area contributed by atoms with Crippen LogP contribution >= 0.6 is 0 Å². The molecule has 1 fully saturated rings. The van der Waals surface area contributed by atoms with Crippen LogP contribution in [0.15, 0.2) is 30.5 Å². The van der Waals surface area contributed by atoms with Gasteiger partial charge in [-0.05, 0) is 44.7 Å². The summed E-state index contributed by atoms with van der Waals surface area (Å²) in [5.41, 5.74) is 2.26. The highest BCUT2D eigenvalue weighted by Gasteiger charge is 2.14. The Morgan fingerprint density at radius 2 is 1.84 bits per heavy atom. The van der Waals surface area contributed by atoms with Crippen molar-refractivity contribution < 1.29 is 0 Å². The Kier molecular flexibility index (Phi) is 5.65. The van der Waals surface area contributed by atoms with Crippen LogP contribution in [0.4, 0.5) is 23.1 Å². The standard InChI is InChI=1S/C18H27N7/c1-4-14(2)20-18-22-17(13-19-23-18)21-15-5-7-16(8-6-15)25-11-9-24(3)10-12-25/h5-8,13-14H,4,9-12H2,1-3H3,(H2,20,21,22,23). The van der Waals surface area contributed by atoms with E-state index in [1.807, 2.05) is 0 Å². The largest absolute Gasteiger partial charge is 0.369 e. The predicted molar refractivity (Wildman–Crippen MR) is 103 cm³/mol. The van der Waals surface area contributed by atoms with Crippen molar-refractivity contribution >= 4 is 23.1 Å². The van der Waals surface area contributed by atoms with Gasteiger partial charge in [-0.3, -0.25) is 0 Å². The fourth-order valence-electron chi connectivity index (χ4n) is 2.72. The molecule has 25 heavy (non-hydrogen) atoms. The first-order chi connectivity index (χ1) is 12.1. The SMILES string of the molecule is CCC(C)Nc1nncc(Nc2ccc(N3CCN(C)CC3)cc2)n1. The van der Waals surface area contributed by atoms with E-state index in [0.29, 0.717) is 17.8 Å². The Bertz CT molecular complexity index is 665. The van der Waals surface area contributed by atoms with Crippen molar-refractivity contribution in [3.63, 3.8) is 0 Å². The van der Waals surface area contributed by atoms with Crippen LogP contribution in [-0.2, 0) is 0 Å². The van der Waals surface area contributed by atoms with Crippen LogP contribution in [0.3, 0.4) is 0 Å². The normalized spacial score (nSPS) is 16.5. The molecule has 0 saturated carbocycles. The average molecular weight is 341 g/mol. The molecule has 1 aliphatic rings. The third-order valence-electron chi connectivity index (χ3n) is 4.55. The van der Waals surface area contributed by atoms with Crippen LogP contribution < -0.4 is 15.5 Å². The van der Waals surface area contributed by atoms with Crippen molar-refractivity contribution in [1.29, 1.82) is 0 Å². The maximum absolute atomic E-state index is 4.46. The Labute approximate surface area is 149 Å². The van der Waals surface area contributed by atoms with E-state index in [1.54, 1.807) is 6.20 Å². The van der Waals surface area contributed by atoms with E-state index in [0.717, 1.165) is 38.3 Å². The fraction of sp³-hybridized carbons (Fsp3) is 0.500. The highest BCUT2D eigenvalue weighted by molar-refractivity contribution is 5.61. The number of piperazine rings is 1. The predicted octanol–water partition coefficient (Wildman–Crippen LogP) is 2.58. The Morgan fingerprint density at radius 1 is 1.12 bits per heavy atom. The number of benzene rings is 1. The molecule has 7 nitrogen and oxygen atoms in total. The van der Waals surface area contributed by atoms with Gasteiger partial charge < -0.3 is 20.4 Å². The minimum absolute atomic E-state index is 0.319. The molecule has 7 heteroatoms. The van der Waals surface area contributed by atoms with Gasteiger partial charge >= 0.3 is 0 Å². The molecular formula is C18H27N7. The monoisotopic (exact) mass is 341 g/mol. The van der Waals surface area contributed by atoms with Gasteiger partial charge in [0.2, 0.25) is 5.95 Å². The summed E-state index contributed by atoms with van der Waals surface area (Å²) in [5.74, 6) is 1.24. The van der Waals surface area contributed by atoms with Gasteiger partial charge in [0.1, 0.15) is 0 Å². The zero-order valence-corrected chi connectivity index (χ0v) is 15.2. The number of anilines is 4. The Balaban J connectivity index is 1.62. The van der Waals surface area contributed by atoms with Crippen LogP contribution in [0.2, 0.25) is 0 Å². The molecule has 0 radical (unpaired) electrons. The van der Waals surface area contributed by atoms with E-state index in [-0.39, 0.29) is 0 Å². The topological polar surface area (TPSA) is 69.2 Å². The molecule has 1 atom stereocenters. The van der Waals surface area contributed by atoms with Crippen LogP contribution in [0, 0.1) is 0 Å². The van der Waals surface area contributed by atoms with E-state index in [4.69, 9.17) is 0 Å². The number of rotatable bonds is 6. The molecule has 1 aliphatic heterocycles. The second kappa shape index (κ2) is 8.11. The van der Waals surface area contributed by atoms with Crippen LogP contribution in [0.25, 0.3) is 0 Å². The van der Waals surface area contributed by atoms with Crippen molar-refractivity contribution in [1.82, 2.24) is 20.1 Å². The van der Waals surface area contributed by atoms with Crippen molar-refractivity contribution in [3.05, 3.63) is 30.5 Å². The molecule has 1 saturated heterocycles. The van der Waals surface area contributed by atoms with Crippen molar-refractivity contribution in [3.8, 4) is 0 Å². The zero-order valence-electron chi connectivity index (χ0n) is 15.2. The van der Waals surface area contributed by atoms with Gasteiger partial charge in [-0.25, -0.2) is 0 Å². The first-order valence-corrected chi connectivity index (χ1v) is 8.91. The van der Waals surface area contributed by atoms with Crippen molar-refractivity contribution in [2.75, 3.05) is 48.8 Å². The number of hydrogen-bond acceptors (Lipinski definition) is 7. The molecule has 2 aromatic rings. The van der Waals surface area contributed by atoms with Crippen LogP contribution in [0.5, 0.6) is 0 Å². The van der Waals surface area contributed by atoms with E-state index in [9.17, 15) is 0 Å². The molecule has 134 valence electrons. The number of likely N-dealkylation sites (N-methyl/N-ethyl adjacent to an activating group) is 1. The van der Waals surface area contributed by atoms with Gasteiger partial charge in [0.15, 0.2) is 5.82 Å². The van der Waals surface area contributed by atoms with E-state index < -0.39 is 0 Å². The fourth-order valence-corrected chi connectivity index (χ4v) is 2.72. The van der Waals surface area contributed by atoms with Crippen molar-refractivity contribution in [2.24, 2.45) is 0 Å². The van der Waals surface area contributed by atoms with Gasteiger partial charge in [0.25, 0.3) is 0 Å². The summed E-state index contributed by atoms with van der Waals surface area (Å²) in [6.07, 6.45) is 2.64. The maximum Gasteiger partial charge on any atom is 0.244 e.